The van der Waals surface area contributed by atoms with Gasteiger partial charge in [-0.15, -0.1) is 11.8 Å². The Morgan fingerprint density at radius 3 is 3.00 bits per heavy atom. The molecule has 0 bridgehead atoms. The van der Waals surface area contributed by atoms with Crippen LogP contribution in [0.4, 0.5) is 5.69 Å². The summed E-state index contributed by atoms with van der Waals surface area (Å²) in [6.07, 6.45) is 3.47. The summed E-state index contributed by atoms with van der Waals surface area (Å²) < 4.78 is 0. The number of nitrogens with one attached hydrogen (secondary N) is 3. The van der Waals surface area contributed by atoms with Gasteiger partial charge in [-0.05, 0) is 24.5 Å². The van der Waals surface area contributed by atoms with Crippen molar-refractivity contribution in [2.24, 2.45) is 0 Å². The molecule has 2 rings (SSSR count). The Kier molecular flexibility index (Phi) is 4.70. The smallest absolute Gasteiger partial charge is 0.323 e. The maximum Gasteiger partial charge on any atom is 0.323 e. The summed E-state index contributed by atoms with van der Waals surface area (Å²) in [6.45, 7) is 0.436. The van der Waals surface area contributed by atoms with Gasteiger partial charge in [0, 0.05) is 35.4 Å². The van der Waals surface area contributed by atoms with Crippen LogP contribution in [0, 0.1) is 0 Å². The Bertz CT molecular complexity index is 579. The summed E-state index contributed by atoms with van der Waals surface area (Å²) in [6, 6.07) is 8.02. The van der Waals surface area contributed by atoms with Crippen LogP contribution in [0.25, 0.3) is 0 Å². The fourth-order valence-electron chi connectivity index (χ4n) is 1.78. The molecule has 1 aromatic carbocycles. The predicted octanol–water partition coefficient (Wildman–Crippen LogP) is 1.44. The van der Waals surface area contributed by atoms with Crippen LogP contribution in [-0.4, -0.2) is 34.0 Å². The van der Waals surface area contributed by atoms with Gasteiger partial charge in [-0.25, -0.2) is 4.79 Å². The highest BCUT2D eigenvalue weighted by Crippen LogP contribution is 2.18. The highest BCUT2D eigenvalue weighted by atomic mass is 32.2. The first-order valence-electron chi connectivity index (χ1n) is 6.00. The van der Waals surface area contributed by atoms with Gasteiger partial charge in [0.2, 0.25) is 0 Å². The van der Waals surface area contributed by atoms with E-state index in [0.717, 1.165) is 5.69 Å². The van der Waals surface area contributed by atoms with Gasteiger partial charge in [0.25, 0.3) is 0 Å². The van der Waals surface area contributed by atoms with Crippen LogP contribution in [0.3, 0.4) is 0 Å². The molecule has 0 radical (unpaired) electrons. The Labute approximate surface area is 115 Å². The van der Waals surface area contributed by atoms with Crippen LogP contribution in [0.1, 0.15) is 5.69 Å². The van der Waals surface area contributed by atoms with E-state index in [1.807, 2.05) is 30.5 Å². The van der Waals surface area contributed by atoms with Crippen molar-refractivity contribution in [1.29, 1.82) is 0 Å². The van der Waals surface area contributed by atoms with Crippen molar-refractivity contribution < 1.29 is 5.11 Å². The van der Waals surface area contributed by atoms with Gasteiger partial charge in [-0.2, -0.15) is 0 Å². The lowest BCUT2D eigenvalue weighted by Gasteiger charge is -2.12. The number of aliphatic hydroxyl groups excluding tert-OH is 1. The Balaban J connectivity index is 1.85. The van der Waals surface area contributed by atoms with Gasteiger partial charge >= 0.3 is 5.69 Å². The van der Waals surface area contributed by atoms with Gasteiger partial charge in [-0.1, -0.05) is 6.07 Å². The van der Waals surface area contributed by atoms with E-state index in [-0.39, 0.29) is 5.69 Å². The quantitative estimate of drug-likeness (QED) is 0.603. The van der Waals surface area contributed by atoms with Crippen molar-refractivity contribution in [2.45, 2.75) is 17.4 Å². The normalized spacial score (nSPS) is 12.3. The number of benzene rings is 1. The third kappa shape index (κ3) is 4.18. The topological polar surface area (TPSA) is 80.9 Å². The number of hydrogen-bond acceptors (Lipinski definition) is 4. The molecule has 102 valence electrons. The molecule has 0 aliphatic carbocycles. The van der Waals surface area contributed by atoms with Crippen LogP contribution in [0.5, 0.6) is 0 Å². The molecule has 19 heavy (non-hydrogen) atoms. The van der Waals surface area contributed by atoms with Crippen LogP contribution in [0.2, 0.25) is 0 Å². The van der Waals surface area contributed by atoms with Gasteiger partial charge in [-0.3, -0.25) is 0 Å². The highest BCUT2D eigenvalue weighted by molar-refractivity contribution is 7.98. The number of aliphatic hydroxyl groups is 1. The van der Waals surface area contributed by atoms with Gasteiger partial charge in [0.15, 0.2) is 0 Å². The highest BCUT2D eigenvalue weighted by Gasteiger charge is 2.07. The van der Waals surface area contributed by atoms with Crippen LogP contribution >= 0.6 is 11.8 Å². The summed E-state index contributed by atoms with van der Waals surface area (Å²) in [5.74, 6) is 0. The minimum Gasteiger partial charge on any atom is -0.391 e. The molecule has 0 aliphatic rings. The maximum atomic E-state index is 10.9. The average Bonchev–Trinajstić information content (AvgIpc) is 2.82. The lowest BCUT2D eigenvalue weighted by atomic mass is 10.2. The molecule has 1 heterocycles. The fourth-order valence-corrected chi connectivity index (χ4v) is 2.23. The molecule has 5 nitrogen and oxygen atoms in total. The van der Waals surface area contributed by atoms with E-state index in [1.54, 1.807) is 18.0 Å². The second-order valence-corrected chi connectivity index (χ2v) is 5.12. The zero-order valence-electron chi connectivity index (χ0n) is 10.6. The molecule has 0 aliphatic heterocycles. The van der Waals surface area contributed by atoms with Crippen molar-refractivity contribution in [3.63, 3.8) is 0 Å². The number of aromatic amines is 2. The minimum absolute atomic E-state index is 0.247. The monoisotopic (exact) mass is 279 g/mol. The van der Waals surface area contributed by atoms with Crippen LogP contribution in [0.15, 0.2) is 40.2 Å². The number of aromatic nitrogens is 2. The lowest BCUT2D eigenvalue weighted by molar-refractivity contribution is 0.187. The van der Waals surface area contributed by atoms with Gasteiger partial charge < -0.3 is 20.4 Å². The summed E-state index contributed by atoms with van der Waals surface area (Å²) >= 11 is 1.68. The van der Waals surface area contributed by atoms with Crippen molar-refractivity contribution in [3.05, 3.63) is 46.6 Å². The van der Waals surface area contributed by atoms with Crippen LogP contribution in [-0.2, 0) is 6.42 Å². The lowest BCUT2D eigenvalue weighted by Crippen LogP contribution is -2.22. The molecule has 6 heteroatoms. The molecule has 0 spiro atoms. The molecular weight excluding hydrogens is 262 g/mol. The second-order valence-electron chi connectivity index (χ2n) is 4.24. The molecule has 1 atom stereocenters. The molecule has 0 fully saturated rings. The largest absolute Gasteiger partial charge is 0.391 e. The zero-order chi connectivity index (χ0) is 13.7. The van der Waals surface area contributed by atoms with E-state index >= 15 is 0 Å². The third-order valence-corrected chi connectivity index (χ3v) is 3.44. The molecular formula is C13H17N3O2S. The number of imidazole rings is 1. The predicted molar refractivity (Wildman–Crippen MR) is 77.8 cm³/mol. The number of thioether (sulfide) groups is 1. The fraction of sp³-hybridized carbons (Fsp3) is 0.308. The number of hydrogen-bond donors (Lipinski definition) is 4. The number of H-pyrrole nitrogens is 2. The molecule has 1 unspecified atom stereocenters. The van der Waals surface area contributed by atoms with E-state index < -0.39 is 6.10 Å². The maximum absolute atomic E-state index is 10.9. The Morgan fingerprint density at radius 2 is 2.32 bits per heavy atom. The molecule has 0 amide bonds. The SMILES string of the molecule is CSc1cccc(NCC(O)Cc2c[nH]c(=O)[nH]2)c1. The van der Waals surface area contributed by atoms with E-state index in [2.05, 4.69) is 15.3 Å². The van der Waals surface area contributed by atoms with Crippen molar-refractivity contribution in [3.8, 4) is 0 Å². The van der Waals surface area contributed by atoms with E-state index in [9.17, 15) is 9.90 Å². The Hall–Kier alpha value is -1.66. The average molecular weight is 279 g/mol. The first-order chi connectivity index (χ1) is 9.17. The van der Waals surface area contributed by atoms with E-state index in [1.165, 1.54) is 4.90 Å². The summed E-state index contributed by atoms with van der Waals surface area (Å²) in [4.78, 5) is 17.2. The number of anilines is 1. The van der Waals surface area contributed by atoms with Crippen molar-refractivity contribution in [1.82, 2.24) is 9.97 Å². The molecule has 0 saturated heterocycles. The molecule has 0 saturated carbocycles. The van der Waals surface area contributed by atoms with Crippen molar-refractivity contribution >= 4 is 17.4 Å². The first-order valence-corrected chi connectivity index (χ1v) is 7.22. The molecule has 1 aromatic heterocycles. The standard InChI is InChI=1S/C13H17N3O2S/c1-19-12-4-2-3-9(6-12)14-8-11(17)5-10-7-15-13(18)16-10/h2-4,6-7,11,14,17H,5,8H2,1H3,(H2,15,16,18). The van der Waals surface area contributed by atoms with Crippen molar-refractivity contribution in [2.75, 3.05) is 18.1 Å². The molecule has 2 aromatic rings. The molecule has 4 N–H and O–H groups in total. The van der Waals surface area contributed by atoms with Crippen LogP contribution < -0.4 is 11.0 Å². The first kappa shape index (κ1) is 13.8. The minimum atomic E-state index is -0.551. The zero-order valence-corrected chi connectivity index (χ0v) is 11.5. The number of rotatable bonds is 6. The summed E-state index contributed by atoms with van der Waals surface area (Å²) in [5.41, 5.74) is 1.44. The summed E-state index contributed by atoms with van der Waals surface area (Å²) in [7, 11) is 0. The Morgan fingerprint density at radius 1 is 1.47 bits per heavy atom. The third-order valence-electron chi connectivity index (χ3n) is 2.72. The second kappa shape index (κ2) is 6.49. The van der Waals surface area contributed by atoms with Gasteiger partial charge in [0.1, 0.15) is 0 Å². The van der Waals surface area contributed by atoms with E-state index in [0.29, 0.717) is 18.7 Å². The summed E-state index contributed by atoms with van der Waals surface area (Å²) in [5, 5.41) is 13.1. The van der Waals surface area contributed by atoms with E-state index in [4.69, 9.17) is 0 Å². The van der Waals surface area contributed by atoms with Gasteiger partial charge in [0.05, 0.1) is 6.10 Å².